The SMILES string of the molecule is O=[N+]([O-])c1ccc2c(c1)CC(N(Cc1ccc(F)cc1)Cc1ccc(F)cc1)C2. The van der Waals surface area contributed by atoms with Crippen LogP contribution in [0.5, 0.6) is 0 Å². The molecule has 1 aliphatic carbocycles. The molecule has 0 aromatic heterocycles. The molecule has 6 heteroatoms. The first-order valence-electron chi connectivity index (χ1n) is 9.47. The van der Waals surface area contributed by atoms with Crippen molar-refractivity contribution in [3.05, 3.63) is 111 Å². The number of non-ortho nitro benzene ring substituents is 1. The van der Waals surface area contributed by atoms with Gasteiger partial charge in [0.1, 0.15) is 11.6 Å². The Balaban J connectivity index is 1.58. The van der Waals surface area contributed by atoms with Crippen molar-refractivity contribution < 1.29 is 13.7 Å². The number of hydrogen-bond acceptors (Lipinski definition) is 3. The van der Waals surface area contributed by atoms with Crippen molar-refractivity contribution in [2.45, 2.75) is 32.0 Å². The molecule has 0 heterocycles. The molecule has 0 saturated carbocycles. The molecule has 3 aromatic carbocycles. The molecule has 0 spiro atoms. The molecule has 1 atom stereocenters. The van der Waals surface area contributed by atoms with Crippen LogP contribution >= 0.6 is 0 Å². The molecule has 29 heavy (non-hydrogen) atoms. The van der Waals surface area contributed by atoms with Crippen LogP contribution in [0.4, 0.5) is 14.5 Å². The van der Waals surface area contributed by atoms with E-state index in [1.165, 1.54) is 24.3 Å². The minimum Gasteiger partial charge on any atom is -0.291 e. The van der Waals surface area contributed by atoms with Gasteiger partial charge in [-0.25, -0.2) is 8.78 Å². The molecule has 0 aliphatic heterocycles. The first-order chi connectivity index (χ1) is 14.0. The van der Waals surface area contributed by atoms with Crippen molar-refractivity contribution in [1.29, 1.82) is 0 Å². The number of hydrogen-bond donors (Lipinski definition) is 0. The summed E-state index contributed by atoms with van der Waals surface area (Å²) in [7, 11) is 0. The van der Waals surface area contributed by atoms with Gasteiger partial charge < -0.3 is 0 Å². The van der Waals surface area contributed by atoms with Crippen LogP contribution in [-0.2, 0) is 25.9 Å². The molecule has 0 saturated heterocycles. The average molecular weight is 394 g/mol. The van der Waals surface area contributed by atoms with Crippen molar-refractivity contribution in [2.75, 3.05) is 0 Å². The van der Waals surface area contributed by atoms with Gasteiger partial charge in [0, 0.05) is 31.3 Å². The Hall–Kier alpha value is -3.12. The molecule has 0 N–H and O–H groups in total. The lowest BCUT2D eigenvalue weighted by Crippen LogP contribution is -2.35. The van der Waals surface area contributed by atoms with Gasteiger partial charge in [0.15, 0.2) is 0 Å². The topological polar surface area (TPSA) is 46.4 Å². The van der Waals surface area contributed by atoms with E-state index in [9.17, 15) is 18.9 Å². The highest BCUT2D eigenvalue weighted by atomic mass is 19.1. The van der Waals surface area contributed by atoms with E-state index in [1.807, 2.05) is 6.07 Å². The zero-order valence-electron chi connectivity index (χ0n) is 15.7. The van der Waals surface area contributed by atoms with E-state index in [1.54, 1.807) is 36.4 Å². The number of nitro groups is 1. The van der Waals surface area contributed by atoms with Crippen molar-refractivity contribution >= 4 is 5.69 Å². The maximum Gasteiger partial charge on any atom is 0.269 e. The third-order valence-corrected chi connectivity index (χ3v) is 5.43. The van der Waals surface area contributed by atoms with Crippen LogP contribution in [0.25, 0.3) is 0 Å². The maximum absolute atomic E-state index is 13.3. The minimum atomic E-state index is -0.373. The lowest BCUT2D eigenvalue weighted by atomic mass is 10.1. The molecule has 3 aromatic rings. The molecular formula is C23H20F2N2O2. The normalized spacial score (nSPS) is 15.5. The van der Waals surface area contributed by atoms with Gasteiger partial charge in [-0.05, 0) is 59.4 Å². The molecule has 0 bridgehead atoms. The zero-order chi connectivity index (χ0) is 20.4. The van der Waals surface area contributed by atoms with Crippen LogP contribution < -0.4 is 0 Å². The van der Waals surface area contributed by atoms with E-state index in [4.69, 9.17) is 0 Å². The average Bonchev–Trinajstić information content (AvgIpc) is 3.14. The third kappa shape index (κ3) is 4.49. The number of nitro benzene ring substituents is 1. The summed E-state index contributed by atoms with van der Waals surface area (Å²) in [4.78, 5) is 13.0. The summed E-state index contributed by atoms with van der Waals surface area (Å²) in [5.74, 6) is -0.557. The minimum absolute atomic E-state index is 0.105. The van der Waals surface area contributed by atoms with E-state index in [-0.39, 0.29) is 28.3 Å². The number of rotatable bonds is 6. The van der Waals surface area contributed by atoms with Crippen LogP contribution in [0.3, 0.4) is 0 Å². The van der Waals surface area contributed by atoms with Gasteiger partial charge in [-0.3, -0.25) is 15.0 Å². The Morgan fingerprint density at radius 1 is 0.828 bits per heavy atom. The molecule has 1 aliphatic rings. The first-order valence-corrected chi connectivity index (χ1v) is 9.47. The second kappa shape index (κ2) is 8.09. The second-order valence-electron chi connectivity index (χ2n) is 7.43. The molecule has 4 rings (SSSR count). The number of nitrogens with zero attached hydrogens (tertiary/aromatic N) is 2. The van der Waals surface area contributed by atoms with Crippen molar-refractivity contribution in [2.24, 2.45) is 0 Å². The summed E-state index contributed by atoms with van der Waals surface area (Å²) < 4.78 is 26.6. The largest absolute Gasteiger partial charge is 0.291 e. The van der Waals surface area contributed by atoms with Gasteiger partial charge in [0.2, 0.25) is 0 Å². The van der Waals surface area contributed by atoms with Gasteiger partial charge >= 0.3 is 0 Å². The number of halogens is 2. The van der Waals surface area contributed by atoms with Crippen molar-refractivity contribution in [3.8, 4) is 0 Å². The summed E-state index contributed by atoms with van der Waals surface area (Å²) in [6.07, 6.45) is 1.50. The standard InChI is InChI=1S/C23H20F2N2O2/c24-20-6-1-16(2-7-20)14-26(15-17-3-8-21(25)9-4-17)23-11-18-5-10-22(27(28)29)12-19(18)13-23/h1-10,12,23H,11,13-15H2. The predicted molar refractivity (Wildman–Crippen MR) is 106 cm³/mol. The van der Waals surface area contributed by atoms with Crippen LogP contribution in [0, 0.1) is 21.7 Å². The summed E-state index contributed by atoms with van der Waals surface area (Å²) in [6, 6.07) is 18.0. The lowest BCUT2D eigenvalue weighted by Gasteiger charge is -2.29. The highest BCUT2D eigenvalue weighted by Crippen LogP contribution is 2.30. The summed E-state index contributed by atoms with van der Waals surface area (Å²) >= 11 is 0. The van der Waals surface area contributed by atoms with Crippen molar-refractivity contribution in [1.82, 2.24) is 4.90 Å². The zero-order valence-corrected chi connectivity index (χ0v) is 15.7. The molecule has 1 unspecified atom stereocenters. The molecule has 0 radical (unpaired) electrons. The summed E-state index contributed by atoms with van der Waals surface area (Å²) in [5, 5.41) is 11.1. The maximum atomic E-state index is 13.3. The fraction of sp³-hybridized carbons (Fsp3) is 0.217. The Morgan fingerprint density at radius 2 is 1.34 bits per heavy atom. The van der Waals surface area contributed by atoms with Gasteiger partial charge in [0.25, 0.3) is 5.69 Å². The van der Waals surface area contributed by atoms with E-state index in [0.29, 0.717) is 19.5 Å². The molecule has 0 amide bonds. The van der Waals surface area contributed by atoms with Crippen LogP contribution in [-0.4, -0.2) is 15.9 Å². The molecule has 148 valence electrons. The molecule has 0 fully saturated rings. The Labute approximate surface area is 167 Å². The van der Waals surface area contributed by atoms with E-state index >= 15 is 0 Å². The highest BCUT2D eigenvalue weighted by Gasteiger charge is 2.28. The number of benzene rings is 3. The van der Waals surface area contributed by atoms with Gasteiger partial charge in [-0.2, -0.15) is 0 Å². The van der Waals surface area contributed by atoms with E-state index < -0.39 is 0 Å². The fourth-order valence-electron chi connectivity index (χ4n) is 3.92. The lowest BCUT2D eigenvalue weighted by molar-refractivity contribution is -0.384. The van der Waals surface area contributed by atoms with Gasteiger partial charge in [-0.1, -0.05) is 30.3 Å². The fourth-order valence-corrected chi connectivity index (χ4v) is 3.92. The third-order valence-electron chi connectivity index (χ3n) is 5.43. The van der Waals surface area contributed by atoms with Crippen molar-refractivity contribution in [3.63, 3.8) is 0 Å². The Morgan fingerprint density at radius 3 is 1.86 bits per heavy atom. The van der Waals surface area contributed by atoms with Crippen LogP contribution in [0.1, 0.15) is 22.3 Å². The van der Waals surface area contributed by atoms with Crippen LogP contribution in [0.2, 0.25) is 0 Å². The monoisotopic (exact) mass is 394 g/mol. The van der Waals surface area contributed by atoms with Gasteiger partial charge in [-0.15, -0.1) is 0 Å². The quantitative estimate of drug-likeness (QED) is 0.435. The van der Waals surface area contributed by atoms with Crippen LogP contribution in [0.15, 0.2) is 66.7 Å². The van der Waals surface area contributed by atoms with E-state index in [0.717, 1.165) is 28.7 Å². The molecular weight excluding hydrogens is 374 g/mol. The Kier molecular flexibility index (Phi) is 5.36. The van der Waals surface area contributed by atoms with Gasteiger partial charge in [0.05, 0.1) is 4.92 Å². The Bertz CT molecular complexity index is 973. The summed E-state index contributed by atoms with van der Waals surface area (Å²) in [6.45, 7) is 1.22. The summed E-state index contributed by atoms with van der Waals surface area (Å²) in [5.41, 5.74) is 4.18. The first kappa shape index (κ1) is 19.2. The molecule has 4 nitrogen and oxygen atoms in total. The highest BCUT2D eigenvalue weighted by molar-refractivity contribution is 5.43. The second-order valence-corrected chi connectivity index (χ2v) is 7.43. The predicted octanol–water partition coefficient (Wildman–Crippen LogP) is 5.04. The van der Waals surface area contributed by atoms with E-state index in [2.05, 4.69) is 4.90 Å². The smallest absolute Gasteiger partial charge is 0.269 e. The number of fused-ring (bicyclic) bond motifs is 1.